The molecule has 0 saturated carbocycles. The van der Waals surface area contributed by atoms with Gasteiger partial charge in [0.25, 0.3) is 5.91 Å². The van der Waals surface area contributed by atoms with E-state index in [0.29, 0.717) is 59.5 Å². The summed E-state index contributed by atoms with van der Waals surface area (Å²) in [4.78, 5) is 34.2. The van der Waals surface area contributed by atoms with Gasteiger partial charge in [0.2, 0.25) is 5.91 Å². The highest BCUT2D eigenvalue weighted by Gasteiger charge is 2.24. The van der Waals surface area contributed by atoms with E-state index in [9.17, 15) is 9.59 Å². The number of hydrogen-bond donors (Lipinski definition) is 3. The molecule has 1 aliphatic rings. The van der Waals surface area contributed by atoms with Crippen molar-refractivity contribution in [3.8, 4) is 11.6 Å². The average Bonchev–Trinajstić information content (AvgIpc) is 3.61. The average molecular weight is 589 g/mol. The second-order valence-corrected chi connectivity index (χ2v) is 10.3. The van der Waals surface area contributed by atoms with Crippen molar-refractivity contribution < 1.29 is 14.3 Å². The topological polar surface area (TPSA) is 154 Å². The van der Waals surface area contributed by atoms with Crippen molar-refractivity contribution in [3.63, 3.8) is 0 Å². The molecule has 5 heterocycles. The SMILES string of the molecule is CCn1ncc2c3c(NCc4ccc(OC)c(Cl)c4)nnc(-n4cnc(C(=O)NC5CCCCNC5=O)c4)c3cnc21. The summed E-state index contributed by atoms with van der Waals surface area (Å²) in [5.41, 5.74) is 1.81. The van der Waals surface area contributed by atoms with Gasteiger partial charge in [-0.3, -0.25) is 14.2 Å². The zero-order valence-electron chi connectivity index (χ0n) is 23.1. The zero-order chi connectivity index (χ0) is 29.2. The second-order valence-electron chi connectivity index (χ2n) is 9.92. The second kappa shape index (κ2) is 11.6. The summed E-state index contributed by atoms with van der Waals surface area (Å²) in [7, 11) is 1.57. The summed E-state index contributed by atoms with van der Waals surface area (Å²) in [5.74, 6) is 0.969. The van der Waals surface area contributed by atoms with Crippen LogP contribution in [0.15, 0.2) is 43.1 Å². The fraction of sp³-hybridized carbons (Fsp3) is 0.321. The maximum absolute atomic E-state index is 13.0. The van der Waals surface area contributed by atoms with Gasteiger partial charge in [0.05, 0.1) is 23.7 Å². The number of aryl methyl sites for hydroxylation is 1. The van der Waals surface area contributed by atoms with Crippen molar-refractivity contribution in [2.24, 2.45) is 0 Å². The summed E-state index contributed by atoms with van der Waals surface area (Å²) in [5, 5.41) is 25.3. The van der Waals surface area contributed by atoms with E-state index in [-0.39, 0.29) is 11.6 Å². The maximum atomic E-state index is 13.0. The number of nitrogens with zero attached hydrogens (tertiary/aromatic N) is 7. The minimum Gasteiger partial charge on any atom is -0.495 e. The van der Waals surface area contributed by atoms with Crippen molar-refractivity contribution in [2.45, 2.75) is 45.3 Å². The number of hydrogen-bond acceptors (Lipinski definition) is 9. The van der Waals surface area contributed by atoms with Crippen LogP contribution in [0.2, 0.25) is 5.02 Å². The van der Waals surface area contributed by atoms with E-state index < -0.39 is 11.9 Å². The standard InChI is InChI=1S/C28H29ClN10O3/c1-3-39-25-18(13-34-39)23-17(12-32-25)26(37-36-24(23)31-11-16-7-8-22(42-2)19(29)10-16)38-14-21(33-15-38)28(41)35-20-6-4-5-9-30-27(20)40/h7-8,10,12-15,20H,3-6,9,11H2,1-2H3,(H,30,40)(H,31,36)(H,35,41). The lowest BCUT2D eigenvalue weighted by Gasteiger charge is -2.14. The largest absolute Gasteiger partial charge is 0.495 e. The van der Waals surface area contributed by atoms with Crippen LogP contribution in [0, 0.1) is 0 Å². The first-order chi connectivity index (χ1) is 20.5. The Balaban J connectivity index is 1.34. The first kappa shape index (κ1) is 27.4. The molecule has 0 radical (unpaired) electrons. The van der Waals surface area contributed by atoms with Crippen LogP contribution in [0.4, 0.5) is 5.82 Å². The van der Waals surface area contributed by atoms with Gasteiger partial charge < -0.3 is 20.7 Å². The van der Waals surface area contributed by atoms with Crippen LogP contribution < -0.4 is 20.7 Å². The first-order valence-electron chi connectivity index (χ1n) is 13.7. The summed E-state index contributed by atoms with van der Waals surface area (Å²) in [6.07, 6.45) is 8.87. The normalized spacial score (nSPS) is 15.4. The summed E-state index contributed by atoms with van der Waals surface area (Å²) in [6, 6.07) is 4.98. The van der Waals surface area contributed by atoms with Crippen LogP contribution in [0.25, 0.3) is 27.6 Å². The van der Waals surface area contributed by atoms with Gasteiger partial charge in [-0.1, -0.05) is 17.7 Å². The lowest BCUT2D eigenvalue weighted by molar-refractivity contribution is -0.122. The van der Waals surface area contributed by atoms with Crippen molar-refractivity contribution in [1.82, 2.24) is 45.1 Å². The Morgan fingerprint density at radius 2 is 2.07 bits per heavy atom. The van der Waals surface area contributed by atoms with Crippen molar-refractivity contribution in [3.05, 3.63) is 59.4 Å². The van der Waals surface area contributed by atoms with Crippen LogP contribution in [-0.2, 0) is 17.9 Å². The Kier molecular flexibility index (Phi) is 7.57. The molecule has 0 spiro atoms. The molecule has 1 unspecified atom stereocenters. The Bertz CT molecular complexity index is 1800. The Morgan fingerprint density at radius 1 is 1.19 bits per heavy atom. The Morgan fingerprint density at radius 3 is 2.88 bits per heavy atom. The molecule has 42 heavy (non-hydrogen) atoms. The third kappa shape index (κ3) is 5.18. The number of benzene rings is 1. The lowest BCUT2D eigenvalue weighted by Crippen LogP contribution is -2.45. The van der Waals surface area contributed by atoms with Gasteiger partial charge in [0.1, 0.15) is 23.8 Å². The van der Waals surface area contributed by atoms with E-state index >= 15 is 0 Å². The van der Waals surface area contributed by atoms with Gasteiger partial charge in [-0.25, -0.2) is 14.6 Å². The number of fused-ring (bicyclic) bond motifs is 3. The molecule has 6 rings (SSSR count). The number of amides is 2. The number of imidazole rings is 1. The molecular weight excluding hydrogens is 560 g/mol. The van der Waals surface area contributed by atoms with Crippen LogP contribution in [-0.4, -0.2) is 66.0 Å². The zero-order valence-corrected chi connectivity index (χ0v) is 23.9. The summed E-state index contributed by atoms with van der Waals surface area (Å²) >= 11 is 6.33. The molecule has 5 aromatic rings. The summed E-state index contributed by atoms with van der Waals surface area (Å²) in [6.45, 7) is 3.70. The van der Waals surface area contributed by atoms with Crippen LogP contribution >= 0.6 is 11.6 Å². The van der Waals surface area contributed by atoms with Gasteiger partial charge in [-0.2, -0.15) is 5.10 Å². The Labute approximate surface area is 245 Å². The molecule has 216 valence electrons. The maximum Gasteiger partial charge on any atom is 0.272 e. The molecule has 1 fully saturated rings. The number of aromatic nitrogens is 7. The molecule has 1 atom stereocenters. The van der Waals surface area contributed by atoms with E-state index in [2.05, 4.69) is 41.2 Å². The number of halogens is 1. The quantitative estimate of drug-likeness (QED) is 0.248. The van der Waals surface area contributed by atoms with E-state index in [4.69, 9.17) is 16.3 Å². The van der Waals surface area contributed by atoms with E-state index in [1.54, 1.807) is 30.3 Å². The molecule has 1 aliphatic heterocycles. The highest BCUT2D eigenvalue weighted by atomic mass is 35.5. The molecular formula is C28H29ClN10O3. The van der Waals surface area contributed by atoms with Crippen molar-refractivity contribution in [1.29, 1.82) is 0 Å². The smallest absolute Gasteiger partial charge is 0.272 e. The molecule has 0 bridgehead atoms. The molecule has 3 N–H and O–H groups in total. The number of carbonyl (C=O) groups is 2. The van der Waals surface area contributed by atoms with E-state index in [0.717, 1.165) is 29.2 Å². The first-order valence-corrected chi connectivity index (χ1v) is 14.0. The number of nitrogens with one attached hydrogen (secondary N) is 3. The van der Waals surface area contributed by atoms with Crippen LogP contribution in [0.1, 0.15) is 42.2 Å². The molecule has 14 heteroatoms. The number of anilines is 1. The van der Waals surface area contributed by atoms with Gasteiger partial charge in [-0.05, 0) is 43.9 Å². The predicted octanol–water partition coefficient (Wildman–Crippen LogP) is 3.25. The third-order valence-corrected chi connectivity index (χ3v) is 7.56. The number of methoxy groups -OCH3 is 1. The fourth-order valence-corrected chi connectivity index (χ4v) is 5.35. The highest BCUT2D eigenvalue weighted by Crippen LogP contribution is 2.32. The molecule has 1 aromatic carbocycles. The van der Waals surface area contributed by atoms with Crippen LogP contribution in [0.3, 0.4) is 0 Å². The van der Waals surface area contributed by atoms with Gasteiger partial charge in [0, 0.05) is 42.8 Å². The molecule has 4 aromatic heterocycles. The Hall–Kier alpha value is -4.78. The highest BCUT2D eigenvalue weighted by molar-refractivity contribution is 6.32. The number of rotatable bonds is 8. The minimum absolute atomic E-state index is 0.161. The van der Waals surface area contributed by atoms with Gasteiger partial charge in [-0.15, -0.1) is 10.2 Å². The van der Waals surface area contributed by atoms with Gasteiger partial charge >= 0.3 is 0 Å². The lowest BCUT2D eigenvalue weighted by atomic mass is 10.1. The molecule has 1 saturated heterocycles. The number of carbonyl (C=O) groups excluding carboxylic acids is 2. The summed E-state index contributed by atoms with van der Waals surface area (Å²) < 4.78 is 8.70. The monoisotopic (exact) mass is 588 g/mol. The number of pyridine rings is 1. The molecule has 0 aliphatic carbocycles. The van der Waals surface area contributed by atoms with E-state index in [1.807, 2.05) is 29.8 Å². The van der Waals surface area contributed by atoms with Crippen LogP contribution in [0.5, 0.6) is 5.75 Å². The fourth-order valence-electron chi connectivity index (χ4n) is 5.07. The van der Waals surface area contributed by atoms with Crippen molar-refractivity contribution in [2.75, 3.05) is 19.0 Å². The van der Waals surface area contributed by atoms with Crippen molar-refractivity contribution >= 4 is 51.0 Å². The predicted molar refractivity (Wildman–Crippen MR) is 157 cm³/mol. The molecule has 13 nitrogen and oxygen atoms in total. The van der Waals surface area contributed by atoms with Gasteiger partial charge in [0.15, 0.2) is 17.3 Å². The van der Waals surface area contributed by atoms with E-state index in [1.165, 1.54) is 6.33 Å². The minimum atomic E-state index is -0.593. The third-order valence-electron chi connectivity index (χ3n) is 7.26. The molecule has 2 amide bonds. The number of ether oxygens (including phenoxy) is 1.